The van der Waals surface area contributed by atoms with E-state index in [-0.39, 0.29) is 74.7 Å². The number of carbonyl (C=O) groups excluding carboxylic acids is 2. The number of phenolic OH excluding ortho intramolecular Hbond substituents is 4. The molecule has 21 nitrogen and oxygen atoms in total. The Labute approximate surface area is 373 Å². The average molecular weight is 915 g/mol. The molecule has 0 aliphatic carbocycles. The molecule has 60 heavy (non-hydrogen) atoms. The first-order valence-corrected chi connectivity index (χ1v) is 21.2. The van der Waals surface area contributed by atoms with E-state index in [2.05, 4.69) is 30.7 Å². The number of carboxylic acids is 1. The number of nitrogens with zero attached hydrogens (tertiary/aromatic N) is 6. The SMILES string of the molecule is CC1=NC2=CN(CNS(=O)(=O)c3ccc(O)c(O)c3)NN2C(SCC2=C(C(=O)O)N3C(=O)C(NC(=O)C(=NOCc4ccc(O)c(O)c4F)c4csc(N)n4)C3SC2)=C1.[NaH]. The number of hydrogen-bond donors (Lipinski definition) is 9. The number of oxime groups is 1. The van der Waals surface area contributed by atoms with Gasteiger partial charge >= 0.3 is 35.5 Å². The van der Waals surface area contributed by atoms with E-state index >= 15 is 0 Å². The van der Waals surface area contributed by atoms with Crippen LogP contribution in [0, 0.1) is 5.82 Å². The van der Waals surface area contributed by atoms with E-state index in [1.807, 2.05) is 0 Å². The molecule has 0 saturated carbocycles. The molecule has 2 aromatic carbocycles. The van der Waals surface area contributed by atoms with Crippen LogP contribution in [0.2, 0.25) is 0 Å². The Hall–Kier alpha value is -5.06. The number of benzene rings is 2. The molecule has 2 unspecified atom stereocenters. The number of sulfonamides is 1. The van der Waals surface area contributed by atoms with Crippen LogP contribution in [0.1, 0.15) is 18.2 Å². The summed E-state index contributed by atoms with van der Waals surface area (Å²) in [7, 11) is -4.10. The van der Waals surface area contributed by atoms with Gasteiger partial charge in [0.15, 0.2) is 45.5 Å². The second-order valence-corrected chi connectivity index (χ2v) is 17.4. The first-order chi connectivity index (χ1) is 28.0. The molecule has 1 saturated heterocycles. The van der Waals surface area contributed by atoms with Crippen molar-refractivity contribution in [2.75, 3.05) is 23.9 Å². The molecule has 0 radical (unpaired) electrons. The fourth-order valence-electron chi connectivity index (χ4n) is 5.84. The summed E-state index contributed by atoms with van der Waals surface area (Å²) < 4.78 is 42.4. The number of hydrazine groups is 2. The molecule has 1 fully saturated rings. The number of anilines is 1. The predicted octanol–water partition coefficient (Wildman–Crippen LogP) is 0.519. The van der Waals surface area contributed by atoms with Gasteiger partial charge in [0.05, 0.1) is 22.8 Å². The number of amides is 2. The van der Waals surface area contributed by atoms with E-state index in [0.717, 1.165) is 46.6 Å². The molecule has 27 heteroatoms. The maximum atomic E-state index is 14.4. The summed E-state index contributed by atoms with van der Waals surface area (Å²) in [5, 5.41) is 59.3. The Bertz CT molecular complexity index is 2550. The van der Waals surface area contributed by atoms with Gasteiger partial charge in [0, 0.05) is 34.2 Å². The fraction of sp³-hybridized carbons (Fsp3) is 0.212. The van der Waals surface area contributed by atoms with Gasteiger partial charge in [-0.2, -0.15) is 4.72 Å². The number of halogens is 1. The van der Waals surface area contributed by atoms with Crippen LogP contribution in [0.5, 0.6) is 23.0 Å². The molecule has 10 N–H and O–H groups in total. The third-order valence-corrected chi connectivity index (χ3v) is 13.2. The molecular weight excluding hydrogens is 883 g/mol. The van der Waals surface area contributed by atoms with E-state index in [0.29, 0.717) is 22.1 Å². The van der Waals surface area contributed by atoms with E-state index in [4.69, 9.17) is 10.6 Å². The number of carbonyl (C=O) groups is 3. The number of rotatable bonds is 14. The Morgan fingerprint density at radius 2 is 1.92 bits per heavy atom. The number of nitrogens with two attached hydrogens (primary N) is 1. The molecule has 4 aliphatic heterocycles. The number of phenols is 4. The number of aromatic hydroxyl groups is 4. The zero-order valence-corrected chi connectivity index (χ0v) is 33.3. The first-order valence-electron chi connectivity index (χ1n) is 16.8. The molecule has 7 rings (SSSR count). The van der Waals surface area contributed by atoms with Crippen LogP contribution in [-0.4, -0.2) is 142 Å². The first kappa shape index (κ1) is 44.5. The van der Waals surface area contributed by atoms with Crippen LogP contribution in [0.15, 0.2) is 85.2 Å². The summed E-state index contributed by atoms with van der Waals surface area (Å²) >= 11 is 3.44. The standard InChI is InChI=1S/C33H31FN10O11S4.Na.H/c1-14-6-23(44-22(37-14)8-42(41-44)13-36-59(53,54)17-3-5-19(45)21(47)7-17)56-10-16-11-57-31-26(30(50)43(31)27(16)32(51)52)39-29(49)25(18-12-58-33(35)38-18)40-55-9-15-2-4-20(46)28(48)24(15)34;;/h2-8,12,26,31,36,41,45-48H,9-11,13H2,1H3,(H2,35,38)(H,39,49)(H,51,52);;. The van der Waals surface area contributed by atoms with Crippen LogP contribution < -0.4 is 21.3 Å². The predicted molar refractivity (Wildman–Crippen MR) is 218 cm³/mol. The normalized spacial score (nSPS) is 18.8. The van der Waals surface area contributed by atoms with Gasteiger partial charge in [-0.25, -0.2) is 32.6 Å². The summed E-state index contributed by atoms with van der Waals surface area (Å²) in [6.45, 7) is 0.896. The number of thioether (sulfide) groups is 2. The van der Waals surface area contributed by atoms with Crippen LogP contribution >= 0.6 is 34.9 Å². The molecular formula is C33H32FN10NaO11S4. The number of allylic oxidation sites excluding steroid dienone is 1. The van der Waals surface area contributed by atoms with Gasteiger partial charge in [0.2, 0.25) is 10.0 Å². The number of aliphatic carboxylic acids is 1. The number of hydrogen-bond acceptors (Lipinski definition) is 20. The third kappa shape index (κ3) is 9.00. The topological polar surface area (TPSA) is 305 Å². The van der Waals surface area contributed by atoms with Crippen LogP contribution in [0.3, 0.4) is 0 Å². The van der Waals surface area contributed by atoms with Gasteiger partial charge in [-0.1, -0.05) is 5.16 Å². The van der Waals surface area contributed by atoms with Gasteiger partial charge in [0.25, 0.3) is 11.8 Å². The Morgan fingerprint density at radius 1 is 1.17 bits per heavy atom. The summed E-state index contributed by atoms with van der Waals surface area (Å²) in [6, 6.07) is 4.09. The van der Waals surface area contributed by atoms with Crippen molar-refractivity contribution in [3.8, 4) is 23.0 Å². The zero-order valence-electron chi connectivity index (χ0n) is 30.1. The minimum absolute atomic E-state index is 0. The van der Waals surface area contributed by atoms with E-state index in [9.17, 15) is 52.7 Å². The summed E-state index contributed by atoms with van der Waals surface area (Å²) in [5.74, 6) is -6.22. The molecule has 0 spiro atoms. The minimum atomic E-state index is -4.10. The van der Waals surface area contributed by atoms with Crippen LogP contribution in [0.4, 0.5) is 9.52 Å². The Balaban J connectivity index is 0.00000604. The number of nitrogens with one attached hydrogen (secondary N) is 3. The van der Waals surface area contributed by atoms with Crippen molar-refractivity contribution in [2.24, 2.45) is 10.1 Å². The van der Waals surface area contributed by atoms with E-state index < -0.39 is 80.4 Å². The van der Waals surface area contributed by atoms with Crippen molar-refractivity contribution in [3.05, 3.63) is 87.2 Å². The Kier molecular flexibility index (Phi) is 13.3. The molecule has 3 aromatic rings. The van der Waals surface area contributed by atoms with Crippen molar-refractivity contribution in [3.63, 3.8) is 0 Å². The number of nitrogen functional groups attached to an aromatic ring is 1. The molecule has 2 atom stereocenters. The van der Waals surface area contributed by atoms with Gasteiger partial charge < -0.3 is 41.4 Å². The van der Waals surface area contributed by atoms with Gasteiger partial charge in [0.1, 0.15) is 29.4 Å². The quantitative estimate of drug-likeness (QED) is 0.0350. The fourth-order valence-corrected chi connectivity index (χ4v) is 9.93. The second kappa shape index (κ2) is 17.9. The Morgan fingerprint density at radius 3 is 2.62 bits per heavy atom. The number of fused-ring (bicyclic) bond motifs is 2. The molecule has 0 bridgehead atoms. The molecule has 2 amide bonds. The zero-order chi connectivity index (χ0) is 42.3. The summed E-state index contributed by atoms with van der Waals surface area (Å²) in [4.78, 5) is 54.2. The number of β-lactam (4-membered cyclic amide) rings is 1. The third-order valence-electron chi connectivity index (χ3n) is 8.72. The number of aliphatic imine (C=N–C) groups is 1. The van der Waals surface area contributed by atoms with Crippen molar-refractivity contribution in [2.45, 2.75) is 29.8 Å². The number of aromatic nitrogens is 1. The molecule has 4 aliphatic rings. The van der Waals surface area contributed by atoms with Crippen LogP contribution in [0.25, 0.3) is 0 Å². The van der Waals surface area contributed by atoms with Crippen molar-refractivity contribution >= 4 is 109 Å². The van der Waals surface area contributed by atoms with Gasteiger partial charge in [-0.3, -0.25) is 19.5 Å². The molecule has 5 heterocycles. The summed E-state index contributed by atoms with van der Waals surface area (Å²) in [5.41, 5.74) is 8.87. The van der Waals surface area contributed by atoms with Crippen molar-refractivity contribution in [1.29, 1.82) is 0 Å². The van der Waals surface area contributed by atoms with Gasteiger partial charge in [-0.15, -0.1) is 40.4 Å². The van der Waals surface area contributed by atoms with E-state index in [1.165, 1.54) is 40.1 Å². The summed E-state index contributed by atoms with van der Waals surface area (Å²) in [6.07, 6.45) is 3.27. The number of thiazole rings is 1. The monoisotopic (exact) mass is 914 g/mol. The molecule has 312 valence electrons. The van der Waals surface area contributed by atoms with E-state index in [1.54, 1.807) is 18.0 Å². The maximum absolute atomic E-state index is 14.4. The van der Waals surface area contributed by atoms with Gasteiger partial charge in [-0.05, 0) is 42.8 Å². The molecule has 1 aromatic heterocycles. The van der Waals surface area contributed by atoms with Crippen molar-refractivity contribution in [1.82, 2.24) is 35.5 Å². The second-order valence-electron chi connectivity index (χ2n) is 12.7. The van der Waals surface area contributed by atoms with Crippen LogP contribution in [-0.2, 0) is 35.9 Å². The number of carboxylic acid groups (broad SMARTS) is 1. The average Bonchev–Trinajstić information content (AvgIpc) is 3.82. The van der Waals surface area contributed by atoms with Crippen molar-refractivity contribution < 1.29 is 57.6 Å².